The van der Waals surface area contributed by atoms with Gasteiger partial charge in [-0.05, 0) is 43.3 Å². The van der Waals surface area contributed by atoms with E-state index in [0.29, 0.717) is 30.0 Å². The Morgan fingerprint density at radius 1 is 1.33 bits per heavy atom. The molecule has 0 unspecified atom stereocenters. The van der Waals surface area contributed by atoms with Crippen LogP contribution in [-0.2, 0) is 0 Å². The van der Waals surface area contributed by atoms with Crippen molar-refractivity contribution in [3.8, 4) is 17.1 Å². The van der Waals surface area contributed by atoms with E-state index in [2.05, 4.69) is 31.2 Å². The molecule has 1 heterocycles. The van der Waals surface area contributed by atoms with Crippen LogP contribution in [0.2, 0.25) is 0 Å². The molecule has 0 saturated carbocycles. The quantitative estimate of drug-likeness (QED) is 0.504. The van der Waals surface area contributed by atoms with Crippen molar-refractivity contribution in [3.63, 3.8) is 0 Å². The van der Waals surface area contributed by atoms with Crippen LogP contribution in [0.15, 0.2) is 40.9 Å². The molecule has 3 aromatic rings. The summed E-state index contributed by atoms with van der Waals surface area (Å²) < 4.78 is 0.743. The first-order valence-electron chi connectivity index (χ1n) is 7.56. The molecule has 0 bridgehead atoms. The summed E-state index contributed by atoms with van der Waals surface area (Å²) in [5.41, 5.74) is 8.05. The summed E-state index contributed by atoms with van der Waals surface area (Å²) >= 11 is 3.49. The van der Waals surface area contributed by atoms with Gasteiger partial charge in [0.05, 0.1) is 5.52 Å². The smallest absolute Gasteiger partial charge is 0.251 e. The average molecular weight is 389 g/mol. The number of carbonyl (C=O) groups is 1. The van der Waals surface area contributed by atoms with E-state index in [-0.39, 0.29) is 11.7 Å². The number of aromatic nitrogens is 2. The Hall–Kier alpha value is -2.38. The molecular formula is C17H17BrN4O2. The number of nitrogens with two attached hydrogens (primary N) is 1. The Kier molecular flexibility index (Phi) is 4.82. The van der Waals surface area contributed by atoms with E-state index < -0.39 is 0 Å². The summed E-state index contributed by atoms with van der Waals surface area (Å²) in [7, 11) is 0. The zero-order valence-corrected chi connectivity index (χ0v) is 14.4. The van der Waals surface area contributed by atoms with Crippen molar-refractivity contribution in [1.29, 1.82) is 0 Å². The maximum atomic E-state index is 12.1. The Balaban J connectivity index is 1.89. The molecule has 0 fully saturated rings. The van der Waals surface area contributed by atoms with E-state index in [4.69, 9.17) is 5.73 Å². The van der Waals surface area contributed by atoms with Crippen LogP contribution in [-0.4, -0.2) is 34.1 Å². The molecular weight excluding hydrogens is 372 g/mol. The third-order valence-corrected chi connectivity index (χ3v) is 4.30. The monoisotopic (exact) mass is 388 g/mol. The molecule has 1 aromatic heterocycles. The molecule has 124 valence electrons. The number of benzene rings is 2. The minimum Gasteiger partial charge on any atom is -0.506 e. The number of nitrogens with one attached hydrogen (secondary N) is 2. The highest BCUT2D eigenvalue weighted by atomic mass is 79.9. The third-order valence-electron chi connectivity index (χ3n) is 3.64. The molecule has 0 aliphatic rings. The Morgan fingerprint density at radius 3 is 2.88 bits per heavy atom. The van der Waals surface area contributed by atoms with E-state index in [0.717, 1.165) is 22.0 Å². The van der Waals surface area contributed by atoms with Crippen LogP contribution in [0.1, 0.15) is 16.8 Å². The summed E-state index contributed by atoms with van der Waals surface area (Å²) in [4.78, 5) is 19.7. The minimum atomic E-state index is -0.141. The maximum Gasteiger partial charge on any atom is 0.251 e. The van der Waals surface area contributed by atoms with Gasteiger partial charge in [0.15, 0.2) is 0 Å². The second-order valence-electron chi connectivity index (χ2n) is 5.35. The lowest BCUT2D eigenvalue weighted by atomic mass is 10.1. The fourth-order valence-corrected chi connectivity index (χ4v) is 2.97. The number of aromatic amines is 1. The predicted octanol–water partition coefficient (Wildman–Crippen LogP) is 2.78. The van der Waals surface area contributed by atoms with Gasteiger partial charge in [-0.2, -0.15) is 0 Å². The lowest BCUT2D eigenvalue weighted by Gasteiger charge is -2.07. The van der Waals surface area contributed by atoms with Crippen molar-refractivity contribution in [3.05, 3.63) is 46.4 Å². The molecule has 24 heavy (non-hydrogen) atoms. The number of hydrogen-bond donors (Lipinski definition) is 4. The number of halogens is 1. The highest BCUT2D eigenvalue weighted by Crippen LogP contribution is 2.31. The van der Waals surface area contributed by atoms with E-state index in [1.54, 1.807) is 24.3 Å². The Morgan fingerprint density at radius 2 is 2.17 bits per heavy atom. The number of para-hydroxylation sites is 1. The molecule has 5 N–H and O–H groups in total. The van der Waals surface area contributed by atoms with Gasteiger partial charge in [0.1, 0.15) is 17.1 Å². The number of phenols is 1. The maximum absolute atomic E-state index is 12.1. The highest BCUT2D eigenvalue weighted by molar-refractivity contribution is 9.10. The molecule has 1 amide bonds. The first kappa shape index (κ1) is 16.5. The molecule has 0 atom stereocenters. The second kappa shape index (κ2) is 7.02. The topological polar surface area (TPSA) is 104 Å². The number of nitrogens with zero attached hydrogens (tertiary/aromatic N) is 1. The number of imidazole rings is 1. The van der Waals surface area contributed by atoms with Crippen molar-refractivity contribution in [2.45, 2.75) is 6.42 Å². The van der Waals surface area contributed by atoms with Gasteiger partial charge in [-0.25, -0.2) is 4.98 Å². The Bertz CT molecular complexity index is 891. The number of amides is 1. The molecule has 0 aliphatic carbocycles. The number of phenolic OH excluding ortho intramolecular Hbond substituents is 1. The number of carbonyl (C=O) groups excluding carboxylic acids is 1. The van der Waals surface area contributed by atoms with Crippen molar-refractivity contribution >= 4 is 32.9 Å². The first-order chi connectivity index (χ1) is 11.6. The second-order valence-corrected chi connectivity index (χ2v) is 6.21. The SMILES string of the molecule is NCCCNC(=O)c1ccc(-c2nc3c(O)cccc3[nH]2)c(Br)c1. The van der Waals surface area contributed by atoms with E-state index in [9.17, 15) is 9.90 Å². The summed E-state index contributed by atoms with van der Waals surface area (Å²) in [6.07, 6.45) is 0.744. The largest absolute Gasteiger partial charge is 0.506 e. The van der Waals surface area contributed by atoms with Crippen molar-refractivity contribution in [2.24, 2.45) is 5.73 Å². The van der Waals surface area contributed by atoms with E-state index >= 15 is 0 Å². The normalized spacial score (nSPS) is 10.9. The van der Waals surface area contributed by atoms with Crippen LogP contribution in [0.5, 0.6) is 5.75 Å². The highest BCUT2D eigenvalue weighted by Gasteiger charge is 2.13. The zero-order chi connectivity index (χ0) is 17.1. The van der Waals surface area contributed by atoms with Gasteiger partial charge in [-0.3, -0.25) is 4.79 Å². The van der Waals surface area contributed by atoms with Crippen LogP contribution >= 0.6 is 15.9 Å². The standard InChI is InChI=1S/C17H17BrN4O2/c18-12-9-10(17(24)20-8-2-7-19)5-6-11(12)16-21-13-3-1-4-14(23)15(13)22-16/h1,3-6,9,23H,2,7-8,19H2,(H,20,24)(H,21,22). The lowest BCUT2D eigenvalue weighted by molar-refractivity contribution is 0.0953. The van der Waals surface area contributed by atoms with Gasteiger partial charge in [-0.1, -0.05) is 22.0 Å². The summed E-state index contributed by atoms with van der Waals surface area (Å²) in [6, 6.07) is 10.5. The minimum absolute atomic E-state index is 0.127. The number of aromatic hydroxyl groups is 1. The number of hydrogen-bond acceptors (Lipinski definition) is 4. The van der Waals surface area contributed by atoms with E-state index in [1.165, 1.54) is 0 Å². The summed E-state index contributed by atoms with van der Waals surface area (Å²) in [6.45, 7) is 1.10. The van der Waals surface area contributed by atoms with Gasteiger partial charge < -0.3 is 21.1 Å². The Labute approximate surface area is 147 Å². The van der Waals surface area contributed by atoms with Gasteiger partial charge >= 0.3 is 0 Å². The molecule has 0 spiro atoms. The fourth-order valence-electron chi connectivity index (χ4n) is 2.40. The molecule has 0 radical (unpaired) electrons. The van der Waals surface area contributed by atoms with Crippen LogP contribution in [0.4, 0.5) is 0 Å². The number of fused-ring (bicyclic) bond motifs is 1. The molecule has 0 aliphatic heterocycles. The lowest BCUT2D eigenvalue weighted by Crippen LogP contribution is -2.25. The van der Waals surface area contributed by atoms with Gasteiger partial charge in [-0.15, -0.1) is 0 Å². The van der Waals surface area contributed by atoms with Crippen LogP contribution in [0.3, 0.4) is 0 Å². The van der Waals surface area contributed by atoms with Gasteiger partial charge in [0.25, 0.3) is 5.91 Å². The molecule has 0 saturated heterocycles. The molecule has 7 heteroatoms. The van der Waals surface area contributed by atoms with Gasteiger partial charge in [0, 0.05) is 22.1 Å². The summed E-state index contributed by atoms with van der Waals surface area (Å²) in [5, 5.41) is 12.7. The summed E-state index contributed by atoms with van der Waals surface area (Å²) in [5.74, 6) is 0.605. The first-order valence-corrected chi connectivity index (χ1v) is 8.35. The van der Waals surface area contributed by atoms with Crippen molar-refractivity contribution in [1.82, 2.24) is 15.3 Å². The van der Waals surface area contributed by atoms with Crippen LogP contribution in [0, 0.1) is 0 Å². The number of H-pyrrole nitrogens is 1. The average Bonchev–Trinajstić information content (AvgIpc) is 3.00. The number of rotatable bonds is 5. The van der Waals surface area contributed by atoms with Crippen molar-refractivity contribution in [2.75, 3.05) is 13.1 Å². The molecule has 3 rings (SSSR count). The van der Waals surface area contributed by atoms with Crippen LogP contribution in [0.25, 0.3) is 22.4 Å². The fraction of sp³-hybridized carbons (Fsp3) is 0.176. The van der Waals surface area contributed by atoms with Gasteiger partial charge in [0.2, 0.25) is 0 Å². The van der Waals surface area contributed by atoms with E-state index in [1.807, 2.05) is 12.1 Å². The van der Waals surface area contributed by atoms with Crippen LogP contribution < -0.4 is 11.1 Å². The predicted molar refractivity (Wildman–Crippen MR) is 96.9 cm³/mol. The zero-order valence-electron chi connectivity index (χ0n) is 12.8. The third kappa shape index (κ3) is 3.27. The molecule has 2 aromatic carbocycles. The molecule has 6 nitrogen and oxygen atoms in total. The van der Waals surface area contributed by atoms with Crippen molar-refractivity contribution < 1.29 is 9.90 Å².